The molecule has 0 spiro atoms. The lowest BCUT2D eigenvalue weighted by atomic mass is 9.78. The Balaban J connectivity index is 2.25. The lowest BCUT2D eigenvalue weighted by Gasteiger charge is -2.34. The summed E-state index contributed by atoms with van der Waals surface area (Å²) < 4.78 is 10.8. The standard InChI is InChI=1S/C23H26O6/c1-12(2)6-7-16-18(28-5)9-14-8-15-10-23(4,29-13(3)24)11-17(25)19(15)22(27)20(14)21(16)26/h6-9,12,26-27H,10-11H2,1-5H3. The molecule has 0 aromatic heterocycles. The van der Waals surface area contributed by atoms with E-state index in [4.69, 9.17) is 9.47 Å². The van der Waals surface area contributed by atoms with Crippen molar-refractivity contribution in [1.29, 1.82) is 0 Å². The first-order valence-electron chi connectivity index (χ1n) is 9.56. The Kier molecular flexibility index (Phi) is 5.30. The van der Waals surface area contributed by atoms with Crippen LogP contribution in [-0.2, 0) is 16.0 Å². The Labute approximate surface area is 169 Å². The van der Waals surface area contributed by atoms with Gasteiger partial charge in [0.05, 0.1) is 30.0 Å². The monoisotopic (exact) mass is 398 g/mol. The van der Waals surface area contributed by atoms with Gasteiger partial charge in [0.2, 0.25) is 0 Å². The molecule has 0 aliphatic heterocycles. The Hall–Kier alpha value is -3.02. The van der Waals surface area contributed by atoms with Crippen LogP contribution < -0.4 is 4.74 Å². The number of methoxy groups -OCH3 is 1. The number of hydrogen-bond donors (Lipinski definition) is 2. The fourth-order valence-electron chi connectivity index (χ4n) is 3.96. The van der Waals surface area contributed by atoms with Crippen molar-refractivity contribution in [2.45, 2.75) is 46.1 Å². The van der Waals surface area contributed by atoms with Crippen molar-refractivity contribution >= 4 is 28.6 Å². The van der Waals surface area contributed by atoms with Crippen LogP contribution in [0.15, 0.2) is 18.2 Å². The maximum absolute atomic E-state index is 12.8. The molecule has 6 heteroatoms. The van der Waals surface area contributed by atoms with Gasteiger partial charge in [-0.15, -0.1) is 0 Å². The van der Waals surface area contributed by atoms with E-state index in [0.717, 1.165) is 0 Å². The summed E-state index contributed by atoms with van der Waals surface area (Å²) in [5.41, 5.74) is 0.211. The first-order chi connectivity index (χ1) is 13.6. The fraction of sp³-hybridized carbons (Fsp3) is 0.391. The topological polar surface area (TPSA) is 93.1 Å². The van der Waals surface area contributed by atoms with Gasteiger partial charge in [-0.1, -0.05) is 26.0 Å². The van der Waals surface area contributed by atoms with Crippen LogP contribution in [0.25, 0.3) is 16.8 Å². The van der Waals surface area contributed by atoms with Gasteiger partial charge >= 0.3 is 5.97 Å². The number of carbonyl (C=O) groups excluding carboxylic acids is 2. The van der Waals surface area contributed by atoms with Crippen molar-refractivity contribution in [3.63, 3.8) is 0 Å². The highest BCUT2D eigenvalue weighted by atomic mass is 16.6. The van der Waals surface area contributed by atoms with E-state index in [1.807, 2.05) is 19.9 Å². The molecule has 3 rings (SSSR count). The normalized spacial score (nSPS) is 19.0. The number of phenolic OH excluding ortho intramolecular Hbond substituents is 2. The van der Waals surface area contributed by atoms with Gasteiger partial charge in [0.25, 0.3) is 0 Å². The SMILES string of the molecule is COc1cc2cc3c(c(O)c2c(O)c1C=CC(C)C)C(=O)CC(C)(OC(C)=O)C3. The van der Waals surface area contributed by atoms with Crippen molar-refractivity contribution < 1.29 is 29.3 Å². The molecule has 6 nitrogen and oxygen atoms in total. The molecule has 0 saturated heterocycles. The summed E-state index contributed by atoms with van der Waals surface area (Å²) in [4.78, 5) is 24.3. The minimum atomic E-state index is -0.970. The number of allylic oxidation sites excluding steroid dienone is 1. The first-order valence-corrected chi connectivity index (χ1v) is 9.56. The molecule has 1 aliphatic carbocycles. The lowest BCUT2D eigenvalue weighted by molar-refractivity contribution is -0.155. The van der Waals surface area contributed by atoms with Crippen LogP contribution in [0.4, 0.5) is 0 Å². The quantitative estimate of drug-likeness (QED) is 0.743. The summed E-state index contributed by atoms with van der Waals surface area (Å²) in [6, 6.07) is 3.46. The molecule has 2 aromatic carbocycles. The van der Waals surface area contributed by atoms with Gasteiger partial charge in [-0.25, -0.2) is 0 Å². The zero-order chi connectivity index (χ0) is 21.5. The Morgan fingerprint density at radius 3 is 2.48 bits per heavy atom. The number of rotatable bonds is 4. The molecule has 29 heavy (non-hydrogen) atoms. The zero-order valence-electron chi connectivity index (χ0n) is 17.3. The highest BCUT2D eigenvalue weighted by Gasteiger charge is 2.39. The van der Waals surface area contributed by atoms with Crippen LogP contribution in [0.2, 0.25) is 0 Å². The summed E-state index contributed by atoms with van der Waals surface area (Å²) in [5, 5.41) is 22.5. The van der Waals surface area contributed by atoms with Crippen LogP contribution >= 0.6 is 0 Å². The van der Waals surface area contributed by atoms with Crippen LogP contribution in [0.1, 0.15) is 55.6 Å². The van der Waals surface area contributed by atoms with Crippen LogP contribution in [0.3, 0.4) is 0 Å². The van der Waals surface area contributed by atoms with E-state index in [1.165, 1.54) is 14.0 Å². The molecular formula is C23H26O6. The number of ether oxygens (including phenoxy) is 2. The van der Waals surface area contributed by atoms with E-state index < -0.39 is 11.6 Å². The van der Waals surface area contributed by atoms with E-state index in [9.17, 15) is 19.8 Å². The highest BCUT2D eigenvalue weighted by Crippen LogP contribution is 2.46. The van der Waals surface area contributed by atoms with Crippen LogP contribution in [-0.4, -0.2) is 34.7 Å². The smallest absolute Gasteiger partial charge is 0.303 e. The average molecular weight is 398 g/mol. The second-order valence-corrected chi connectivity index (χ2v) is 8.12. The van der Waals surface area contributed by atoms with Crippen LogP contribution in [0.5, 0.6) is 17.2 Å². The van der Waals surface area contributed by atoms with Crippen molar-refractivity contribution in [3.05, 3.63) is 34.9 Å². The number of fused-ring (bicyclic) bond motifs is 2. The molecule has 154 valence electrons. The number of carbonyl (C=O) groups is 2. The number of benzene rings is 2. The molecule has 0 heterocycles. The second kappa shape index (κ2) is 7.43. The Morgan fingerprint density at radius 2 is 1.90 bits per heavy atom. The number of esters is 1. The molecule has 1 atom stereocenters. The van der Waals surface area contributed by atoms with Gasteiger partial charge in [0.15, 0.2) is 5.78 Å². The van der Waals surface area contributed by atoms with Crippen molar-refractivity contribution in [2.75, 3.05) is 7.11 Å². The van der Waals surface area contributed by atoms with Gasteiger partial charge in [0.1, 0.15) is 22.8 Å². The van der Waals surface area contributed by atoms with E-state index in [0.29, 0.717) is 22.3 Å². The molecule has 2 aromatic rings. The predicted molar refractivity (Wildman–Crippen MR) is 111 cm³/mol. The first kappa shape index (κ1) is 20.7. The van der Waals surface area contributed by atoms with E-state index in [2.05, 4.69) is 0 Å². The molecule has 0 fully saturated rings. The third-order valence-corrected chi connectivity index (χ3v) is 5.09. The molecule has 0 amide bonds. The van der Waals surface area contributed by atoms with Gasteiger partial charge in [-0.2, -0.15) is 0 Å². The molecule has 0 bridgehead atoms. The zero-order valence-corrected chi connectivity index (χ0v) is 17.3. The molecular weight excluding hydrogens is 372 g/mol. The largest absolute Gasteiger partial charge is 0.506 e. The summed E-state index contributed by atoms with van der Waals surface area (Å²) in [7, 11) is 1.51. The van der Waals surface area contributed by atoms with E-state index in [1.54, 1.807) is 25.1 Å². The third-order valence-electron chi connectivity index (χ3n) is 5.09. The number of hydrogen-bond acceptors (Lipinski definition) is 6. The van der Waals surface area contributed by atoms with E-state index in [-0.39, 0.29) is 47.0 Å². The maximum Gasteiger partial charge on any atom is 0.303 e. The van der Waals surface area contributed by atoms with Crippen LogP contribution in [0, 0.1) is 5.92 Å². The number of Topliss-reactive ketones (excluding diaryl/α,β-unsaturated/α-hetero) is 1. The number of ketones is 1. The van der Waals surface area contributed by atoms with E-state index >= 15 is 0 Å². The predicted octanol–water partition coefficient (Wildman–Crippen LogP) is 4.38. The molecule has 0 saturated carbocycles. The average Bonchev–Trinajstić information content (AvgIpc) is 2.58. The lowest BCUT2D eigenvalue weighted by Crippen LogP contribution is -2.40. The summed E-state index contributed by atoms with van der Waals surface area (Å²) >= 11 is 0. The molecule has 0 radical (unpaired) electrons. The van der Waals surface area contributed by atoms with Gasteiger partial charge < -0.3 is 19.7 Å². The Bertz CT molecular complexity index is 1030. The summed E-state index contributed by atoms with van der Waals surface area (Å²) in [6.07, 6.45) is 3.91. The van der Waals surface area contributed by atoms with Gasteiger partial charge in [0, 0.05) is 13.3 Å². The minimum Gasteiger partial charge on any atom is -0.506 e. The van der Waals surface area contributed by atoms with Crippen molar-refractivity contribution in [2.24, 2.45) is 5.92 Å². The Morgan fingerprint density at radius 1 is 1.21 bits per heavy atom. The molecule has 1 aliphatic rings. The second-order valence-electron chi connectivity index (χ2n) is 8.12. The molecule has 2 N–H and O–H groups in total. The highest BCUT2D eigenvalue weighted by molar-refractivity contribution is 6.10. The summed E-state index contributed by atoms with van der Waals surface area (Å²) in [6.45, 7) is 7.02. The van der Waals surface area contributed by atoms with Gasteiger partial charge in [-0.3, -0.25) is 9.59 Å². The van der Waals surface area contributed by atoms with Crippen molar-refractivity contribution in [3.8, 4) is 17.2 Å². The maximum atomic E-state index is 12.8. The third kappa shape index (κ3) is 3.79. The minimum absolute atomic E-state index is 0.0321. The fourth-order valence-corrected chi connectivity index (χ4v) is 3.96. The molecule has 1 unspecified atom stereocenters. The summed E-state index contributed by atoms with van der Waals surface area (Å²) in [5.74, 6) is -0.480. The number of phenols is 2. The van der Waals surface area contributed by atoms with Crippen molar-refractivity contribution in [1.82, 2.24) is 0 Å². The number of aromatic hydroxyl groups is 2. The van der Waals surface area contributed by atoms with Gasteiger partial charge in [-0.05, 0) is 35.9 Å².